The Morgan fingerprint density at radius 3 is 2.50 bits per heavy atom. The van der Waals surface area contributed by atoms with Crippen molar-refractivity contribution < 1.29 is 4.74 Å². The minimum Gasteiger partial charge on any atom is -0.496 e. The lowest BCUT2D eigenvalue weighted by Gasteiger charge is -2.29. The van der Waals surface area contributed by atoms with Crippen molar-refractivity contribution in [3.8, 4) is 5.75 Å². The summed E-state index contributed by atoms with van der Waals surface area (Å²) >= 11 is 0. The van der Waals surface area contributed by atoms with Crippen LogP contribution in [0.1, 0.15) is 11.5 Å². The predicted molar refractivity (Wildman–Crippen MR) is 66.1 cm³/mol. The van der Waals surface area contributed by atoms with Gasteiger partial charge in [0.15, 0.2) is 0 Å². The van der Waals surface area contributed by atoms with E-state index in [-0.39, 0.29) is 0 Å². The van der Waals surface area contributed by atoms with Gasteiger partial charge in [0.1, 0.15) is 5.75 Å². The molecule has 1 aliphatic rings. The van der Waals surface area contributed by atoms with E-state index < -0.39 is 0 Å². The number of hydrogen-bond acceptors (Lipinski definition) is 2. The Hall–Kier alpha value is -1.54. The average Bonchev–Trinajstić information content (AvgIpc) is 2.26. The van der Waals surface area contributed by atoms with Gasteiger partial charge in [-0.05, 0) is 17.0 Å². The normalized spacial score (nSPS) is 16.1. The molecular weight excluding hydrogens is 198 g/mol. The van der Waals surface area contributed by atoms with Crippen molar-refractivity contribution in [2.24, 2.45) is 0 Å². The smallest absolute Gasteiger partial charge is 0.126 e. The first-order valence-electron chi connectivity index (χ1n) is 5.66. The van der Waals surface area contributed by atoms with Crippen LogP contribution in [0.4, 0.5) is 0 Å². The van der Waals surface area contributed by atoms with Gasteiger partial charge in [0, 0.05) is 24.4 Å². The molecule has 0 aromatic heterocycles. The molecule has 2 aromatic carbocycles. The van der Waals surface area contributed by atoms with Crippen LogP contribution in [-0.2, 0) is 0 Å². The highest BCUT2D eigenvalue weighted by Gasteiger charge is 2.21. The molecule has 0 bridgehead atoms. The summed E-state index contributed by atoms with van der Waals surface area (Å²) in [5.41, 5.74) is 1.41. The lowest BCUT2D eigenvalue weighted by Crippen LogP contribution is -2.39. The summed E-state index contributed by atoms with van der Waals surface area (Å²) in [7, 11) is 1.74. The molecule has 0 amide bonds. The second-order valence-electron chi connectivity index (χ2n) is 4.26. The Labute approximate surface area is 95.2 Å². The fraction of sp³-hybridized carbons (Fsp3) is 0.286. The molecule has 2 aromatic rings. The maximum absolute atomic E-state index is 5.47. The minimum atomic E-state index is 0.639. The molecule has 3 rings (SSSR count). The summed E-state index contributed by atoms with van der Waals surface area (Å²) in [5, 5.41) is 5.87. The van der Waals surface area contributed by atoms with E-state index in [0.29, 0.717) is 5.92 Å². The molecule has 0 aliphatic carbocycles. The third-order valence-corrected chi connectivity index (χ3v) is 3.34. The van der Waals surface area contributed by atoms with Crippen LogP contribution in [0.5, 0.6) is 5.75 Å². The van der Waals surface area contributed by atoms with Crippen molar-refractivity contribution in [3.05, 3.63) is 42.0 Å². The van der Waals surface area contributed by atoms with E-state index in [1.165, 1.54) is 16.3 Å². The zero-order valence-electron chi connectivity index (χ0n) is 9.36. The van der Waals surface area contributed by atoms with Crippen LogP contribution in [0.2, 0.25) is 0 Å². The summed E-state index contributed by atoms with van der Waals surface area (Å²) in [6, 6.07) is 12.7. The number of hydrogen-bond donors (Lipinski definition) is 1. The lowest BCUT2D eigenvalue weighted by molar-refractivity contribution is 0.417. The molecule has 0 atom stereocenters. The Balaban J connectivity index is 2.26. The molecule has 82 valence electrons. The van der Waals surface area contributed by atoms with Gasteiger partial charge >= 0.3 is 0 Å². The number of benzene rings is 2. The summed E-state index contributed by atoms with van der Waals surface area (Å²) in [4.78, 5) is 0. The SMILES string of the molecule is COc1cccc2cccc(C3CNC3)c12. The quantitative estimate of drug-likeness (QED) is 0.827. The van der Waals surface area contributed by atoms with Crippen LogP contribution < -0.4 is 10.1 Å². The molecule has 1 fully saturated rings. The number of nitrogens with one attached hydrogen (secondary N) is 1. The van der Waals surface area contributed by atoms with E-state index in [4.69, 9.17) is 4.74 Å². The Morgan fingerprint density at radius 1 is 1.12 bits per heavy atom. The monoisotopic (exact) mass is 213 g/mol. The molecule has 0 saturated carbocycles. The largest absolute Gasteiger partial charge is 0.496 e. The molecular formula is C14H15NO. The molecule has 16 heavy (non-hydrogen) atoms. The van der Waals surface area contributed by atoms with Crippen molar-refractivity contribution >= 4 is 10.8 Å². The first-order chi connectivity index (χ1) is 7.90. The molecule has 1 saturated heterocycles. The van der Waals surface area contributed by atoms with Gasteiger partial charge < -0.3 is 10.1 Å². The maximum atomic E-state index is 5.47. The summed E-state index contributed by atoms with van der Waals surface area (Å²) in [6.45, 7) is 2.16. The zero-order valence-corrected chi connectivity index (χ0v) is 9.36. The van der Waals surface area contributed by atoms with Crippen molar-refractivity contribution in [2.45, 2.75) is 5.92 Å². The highest BCUT2D eigenvalue weighted by atomic mass is 16.5. The lowest BCUT2D eigenvalue weighted by atomic mass is 9.89. The van der Waals surface area contributed by atoms with Gasteiger partial charge in [0.2, 0.25) is 0 Å². The Morgan fingerprint density at radius 2 is 1.88 bits per heavy atom. The van der Waals surface area contributed by atoms with Crippen LogP contribution in [0.3, 0.4) is 0 Å². The molecule has 2 nitrogen and oxygen atoms in total. The number of ether oxygens (including phenoxy) is 1. The van der Waals surface area contributed by atoms with Crippen LogP contribution in [0, 0.1) is 0 Å². The van der Waals surface area contributed by atoms with Crippen LogP contribution >= 0.6 is 0 Å². The Kier molecular flexibility index (Phi) is 2.29. The molecule has 2 heteroatoms. The second kappa shape index (κ2) is 3.80. The van der Waals surface area contributed by atoms with E-state index in [9.17, 15) is 0 Å². The van der Waals surface area contributed by atoms with Gasteiger partial charge in [-0.3, -0.25) is 0 Å². The summed E-state index contributed by atoms with van der Waals surface area (Å²) in [5.74, 6) is 1.62. The van der Waals surface area contributed by atoms with Crippen molar-refractivity contribution in [1.29, 1.82) is 0 Å². The van der Waals surface area contributed by atoms with E-state index in [0.717, 1.165) is 18.8 Å². The topological polar surface area (TPSA) is 21.3 Å². The van der Waals surface area contributed by atoms with Crippen LogP contribution in [-0.4, -0.2) is 20.2 Å². The molecule has 1 N–H and O–H groups in total. The van der Waals surface area contributed by atoms with Gasteiger partial charge in [-0.1, -0.05) is 30.3 Å². The molecule has 0 unspecified atom stereocenters. The molecule has 1 heterocycles. The van der Waals surface area contributed by atoms with Gasteiger partial charge in [-0.2, -0.15) is 0 Å². The first-order valence-corrected chi connectivity index (χ1v) is 5.66. The summed E-state index contributed by atoms with van der Waals surface area (Å²) < 4.78 is 5.47. The number of fused-ring (bicyclic) bond motifs is 1. The van der Waals surface area contributed by atoms with Gasteiger partial charge in [0.25, 0.3) is 0 Å². The summed E-state index contributed by atoms with van der Waals surface area (Å²) in [6.07, 6.45) is 0. The van der Waals surface area contributed by atoms with E-state index in [1.54, 1.807) is 7.11 Å². The van der Waals surface area contributed by atoms with Crippen molar-refractivity contribution in [2.75, 3.05) is 20.2 Å². The van der Waals surface area contributed by atoms with E-state index in [1.807, 2.05) is 12.1 Å². The van der Waals surface area contributed by atoms with Gasteiger partial charge in [0.05, 0.1) is 7.11 Å². The van der Waals surface area contributed by atoms with Crippen LogP contribution in [0.25, 0.3) is 10.8 Å². The van der Waals surface area contributed by atoms with E-state index >= 15 is 0 Å². The van der Waals surface area contributed by atoms with E-state index in [2.05, 4.69) is 29.6 Å². The second-order valence-corrected chi connectivity index (χ2v) is 4.26. The minimum absolute atomic E-state index is 0.639. The zero-order chi connectivity index (χ0) is 11.0. The maximum Gasteiger partial charge on any atom is 0.126 e. The van der Waals surface area contributed by atoms with Crippen LogP contribution in [0.15, 0.2) is 36.4 Å². The van der Waals surface area contributed by atoms with Gasteiger partial charge in [-0.25, -0.2) is 0 Å². The standard InChI is InChI=1S/C14H15NO/c1-16-13-7-3-5-10-4-2-6-12(14(10)13)11-8-15-9-11/h2-7,11,15H,8-9H2,1H3. The van der Waals surface area contributed by atoms with Gasteiger partial charge in [-0.15, -0.1) is 0 Å². The number of methoxy groups -OCH3 is 1. The third kappa shape index (κ3) is 1.38. The average molecular weight is 213 g/mol. The highest BCUT2D eigenvalue weighted by molar-refractivity contribution is 5.92. The predicted octanol–water partition coefficient (Wildman–Crippen LogP) is 2.54. The van der Waals surface area contributed by atoms with Crippen molar-refractivity contribution in [3.63, 3.8) is 0 Å². The fourth-order valence-corrected chi connectivity index (χ4v) is 2.35. The van der Waals surface area contributed by atoms with Crippen molar-refractivity contribution in [1.82, 2.24) is 5.32 Å². The fourth-order valence-electron chi connectivity index (χ4n) is 2.35. The molecule has 0 radical (unpaired) electrons. The molecule has 0 spiro atoms. The first kappa shape index (κ1) is 9.67. The number of rotatable bonds is 2. The Bertz CT molecular complexity index is 512. The highest BCUT2D eigenvalue weighted by Crippen LogP contribution is 2.34. The molecule has 1 aliphatic heterocycles. The third-order valence-electron chi connectivity index (χ3n) is 3.34.